The fraction of sp³-hybridized carbons (Fsp3) is 0.214. The van der Waals surface area contributed by atoms with E-state index in [4.69, 9.17) is 4.74 Å². The van der Waals surface area contributed by atoms with Crippen molar-refractivity contribution in [1.82, 2.24) is 0 Å². The van der Waals surface area contributed by atoms with E-state index < -0.39 is 0 Å². The molecule has 3 heteroatoms. The van der Waals surface area contributed by atoms with Crippen LogP contribution in [0.5, 0.6) is 5.75 Å². The van der Waals surface area contributed by atoms with Gasteiger partial charge in [-0.2, -0.15) is 0 Å². The van der Waals surface area contributed by atoms with Crippen molar-refractivity contribution in [3.8, 4) is 5.75 Å². The van der Waals surface area contributed by atoms with Crippen molar-refractivity contribution in [3.05, 3.63) is 51.7 Å². The molecule has 2 heterocycles. The molecule has 86 valence electrons. The van der Waals surface area contributed by atoms with E-state index >= 15 is 0 Å². The highest BCUT2D eigenvalue weighted by molar-refractivity contribution is 7.12. The Balaban J connectivity index is 2.07. The van der Waals surface area contributed by atoms with Gasteiger partial charge in [0.05, 0.1) is 17.7 Å². The number of benzene rings is 1. The first kappa shape index (κ1) is 10.5. The Morgan fingerprint density at radius 2 is 2.24 bits per heavy atom. The average molecular weight is 243 g/mol. The summed E-state index contributed by atoms with van der Waals surface area (Å²) in [6.45, 7) is 0.885. The summed E-state index contributed by atoms with van der Waals surface area (Å²) in [5.41, 5.74) is 3.68. The molecule has 0 unspecified atom stereocenters. The zero-order chi connectivity index (χ0) is 11.7. The lowest BCUT2D eigenvalue weighted by Gasteiger charge is -2.13. The molecule has 0 saturated carbocycles. The molecular formula is C14H13NOS. The molecule has 3 rings (SSSR count). The van der Waals surface area contributed by atoms with Crippen LogP contribution in [0.3, 0.4) is 0 Å². The molecule has 0 aliphatic carbocycles. The number of thiophene rings is 1. The Hall–Kier alpha value is -1.61. The number of hydrogen-bond acceptors (Lipinski definition) is 3. The Morgan fingerprint density at radius 3 is 3.12 bits per heavy atom. The molecule has 0 radical (unpaired) electrons. The number of fused-ring (bicyclic) bond motifs is 1. The predicted octanol–water partition coefficient (Wildman–Crippen LogP) is 3.15. The number of ether oxygens (including phenoxy) is 1. The largest absolute Gasteiger partial charge is 0.497 e. The Morgan fingerprint density at radius 1 is 1.29 bits per heavy atom. The van der Waals surface area contributed by atoms with Crippen LogP contribution in [0.1, 0.15) is 16.0 Å². The van der Waals surface area contributed by atoms with Crippen LogP contribution < -0.4 is 4.74 Å². The Labute approximate surface area is 105 Å². The van der Waals surface area contributed by atoms with Gasteiger partial charge in [0, 0.05) is 12.1 Å². The topological polar surface area (TPSA) is 21.6 Å². The molecule has 2 nitrogen and oxygen atoms in total. The summed E-state index contributed by atoms with van der Waals surface area (Å²) in [6, 6.07) is 10.3. The van der Waals surface area contributed by atoms with Crippen molar-refractivity contribution in [2.45, 2.75) is 6.42 Å². The molecule has 1 aliphatic rings. The lowest BCUT2D eigenvalue weighted by Crippen LogP contribution is -2.11. The summed E-state index contributed by atoms with van der Waals surface area (Å²) in [7, 11) is 1.69. The fourth-order valence-corrected chi connectivity index (χ4v) is 3.08. The summed E-state index contributed by atoms with van der Waals surface area (Å²) in [5, 5.41) is 2.14. The smallest absolute Gasteiger partial charge is 0.119 e. The summed E-state index contributed by atoms with van der Waals surface area (Å²) in [5.74, 6) is 0.883. The standard InChI is InChI=1S/C14H13NOS/c1-16-12-4-2-3-11(9-12)13-14-10(5-7-15-13)6-8-17-14/h2-4,6,8-9H,5,7H2,1H3. The lowest BCUT2D eigenvalue weighted by atomic mass is 10.0. The summed E-state index contributed by atoms with van der Waals surface area (Å²) in [4.78, 5) is 5.97. The molecule has 0 spiro atoms. The second-order valence-corrected chi connectivity index (χ2v) is 4.90. The summed E-state index contributed by atoms with van der Waals surface area (Å²) in [6.07, 6.45) is 1.06. The second kappa shape index (κ2) is 4.34. The van der Waals surface area contributed by atoms with Crippen molar-refractivity contribution in [2.24, 2.45) is 4.99 Å². The molecule has 0 fully saturated rings. The van der Waals surface area contributed by atoms with Crippen molar-refractivity contribution in [3.63, 3.8) is 0 Å². The van der Waals surface area contributed by atoms with Crippen LogP contribution in [-0.4, -0.2) is 19.4 Å². The van der Waals surface area contributed by atoms with Gasteiger partial charge in [-0.3, -0.25) is 4.99 Å². The van der Waals surface area contributed by atoms with E-state index in [0.29, 0.717) is 0 Å². The molecule has 0 saturated heterocycles. The van der Waals surface area contributed by atoms with Crippen molar-refractivity contribution >= 4 is 17.0 Å². The van der Waals surface area contributed by atoms with Crippen LogP contribution in [0, 0.1) is 0 Å². The minimum Gasteiger partial charge on any atom is -0.497 e. The quantitative estimate of drug-likeness (QED) is 0.794. The maximum atomic E-state index is 5.26. The Kier molecular flexibility index (Phi) is 2.69. The average Bonchev–Trinajstić information content (AvgIpc) is 2.87. The van der Waals surface area contributed by atoms with E-state index in [1.807, 2.05) is 18.2 Å². The zero-order valence-corrected chi connectivity index (χ0v) is 10.5. The van der Waals surface area contributed by atoms with Gasteiger partial charge in [-0.05, 0) is 35.6 Å². The van der Waals surface area contributed by atoms with Crippen LogP contribution >= 0.6 is 11.3 Å². The maximum Gasteiger partial charge on any atom is 0.119 e. The van der Waals surface area contributed by atoms with Crippen molar-refractivity contribution in [2.75, 3.05) is 13.7 Å². The van der Waals surface area contributed by atoms with Gasteiger partial charge in [-0.15, -0.1) is 11.3 Å². The van der Waals surface area contributed by atoms with Crippen LogP contribution in [0.2, 0.25) is 0 Å². The van der Waals surface area contributed by atoms with Crippen molar-refractivity contribution in [1.29, 1.82) is 0 Å². The highest BCUT2D eigenvalue weighted by atomic mass is 32.1. The van der Waals surface area contributed by atoms with Gasteiger partial charge < -0.3 is 4.74 Å². The van der Waals surface area contributed by atoms with Crippen LogP contribution in [0.4, 0.5) is 0 Å². The van der Waals surface area contributed by atoms with Gasteiger partial charge in [-0.25, -0.2) is 0 Å². The first-order chi connectivity index (χ1) is 8.38. The normalized spacial score (nSPS) is 14.1. The monoisotopic (exact) mass is 243 g/mol. The number of rotatable bonds is 2. The SMILES string of the molecule is COc1cccc(C2=NCCc3ccsc32)c1. The van der Waals surface area contributed by atoms with E-state index in [1.54, 1.807) is 18.4 Å². The fourth-order valence-electron chi connectivity index (χ4n) is 2.09. The summed E-state index contributed by atoms with van der Waals surface area (Å²) >= 11 is 1.77. The minimum absolute atomic E-state index is 0.883. The molecular weight excluding hydrogens is 230 g/mol. The number of aliphatic imine (C=N–C) groups is 1. The minimum atomic E-state index is 0.883. The van der Waals surface area contributed by atoms with Crippen LogP contribution in [0.25, 0.3) is 0 Å². The first-order valence-electron chi connectivity index (χ1n) is 5.64. The second-order valence-electron chi connectivity index (χ2n) is 3.99. The molecule has 0 atom stereocenters. The zero-order valence-electron chi connectivity index (χ0n) is 9.64. The number of methoxy groups -OCH3 is 1. The molecule has 2 aromatic rings. The molecule has 1 aliphatic heterocycles. The van der Waals surface area contributed by atoms with Gasteiger partial charge in [0.15, 0.2) is 0 Å². The molecule has 0 bridgehead atoms. The van der Waals surface area contributed by atoms with E-state index in [1.165, 1.54) is 10.4 Å². The molecule has 17 heavy (non-hydrogen) atoms. The maximum absolute atomic E-state index is 5.26. The van der Waals surface area contributed by atoms with Gasteiger partial charge in [0.1, 0.15) is 5.75 Å². The van der Waals surface area contributed by atoms with Gasteiger partial charge >= 0.3 is 0 Å². The lowest BCUT2D eigenvalue weighted by molar-refractivity contribution is 0.414. The third kappa shape index (κ3) is 1.87. The number of nitrogens with zero attached hydrogens (tertiary/aromatic N) is 1. The number of hydrogen-bond donors (Lipinski definition) is 0. The van der Waals surface area contributed by atoms with Gasteiger partial charge in [0.25, 0.3) is 0 Å². The molecule has 0 amide bonds. The molecule has 1 aromatic carbocycles. The highest BCUT2D eigenvalue weighted by Crippen LogP contribution is 2.26. The van der Waals surface area contributed by atoms with E-state index in [2.05, 4.69) is 22.5 Å². The van der Waals surface area contributed by atoms with Gasteiger partial charge in [0.2, 0.25) is 0 Å². The first-order valence-corrected chi connectivity index (χ1v) is 6.52. The van der Waals surface area contributed by atoms with Gasteiger partial charge in [-0.1, -0.05) is 12.1 Å². The third-order valence-corrected chi connectivity index (χ3v) is 3.92. The van der Waals surface area contributed by atoms with Crippen LogP contribution in [-0.2, 0) is 6.42 Å². The predicted molar refractivity (Wildman–Crippen MR) is 71.5 cm³/mol. The summed E-state index contributed by atoms with van der Waals surface area (Å²) < 4.78 is 5.26. The van der Waals surface area contributed by atoms with Crippen LogP contribution in [0.15, 0.2) is 40.7 Å². The molecule has 1 aromatic heterocycles. The van der Waals surface area contributed by atoms with E-state index in [9.17, 15) is 0 Å². The highest BCUT2D eigenvalue weighted by Gasteiger charge is 2.17. The van der Waals surface area contributed by atoms with Crippen molar-refractivity contribution < 1.29 is 4.74 Å². The Bertz CT molecular complexity index is 571. The molecule has 0 N–H and O–H groups in total. The van der Waals surface area contributed by atoms with E-state index in [-0.39, 0.29) is 0 Å². The van der Waals surface area contributed by atoms with E-state index in [0.717, 1.165) is 30.0 Å². The third-order valence-electron chi connectivity index (χ3n) is 2.96.